The van der Waals surface area contributed by atoms with E-state index in [2.05, 4.69) is 40.4 Å². The molecule has 0 atom stereocenters. The van der Waals surface area contributed by atoms with E-state index in [0.717, 1.165) is 37.7 Å². The molecular formula is C18H25N3O. The summed E-state index contributed by atoms with van der Waals surface area (Å²) in [4.78, 5) is 0. The highest BCUT2D eigenvalue weighted by molar-refractivity contribution is 5.27. The Kier molecular flexibility index (Phi) is 4.78. The Labute approximate surface area is 132 Å². The Morgan fingerprint density at radius 3 is 2.64 bits per heavy atom. The molecule has 1 fully saturated rings. The number of nitrogens with zero attached hydrogens (tertiary/aromatic N) is 2. The molecule has 1 aliphatic heterocycles. The van der Waals surface area contributed by atoms with E-state index in [4.69, 9.17) is 4.74 Å². The first-order valence-electron chi connectivity index (χ1n) is 8.11. The van der Waals surface area contributed by atoms with Gasteiger partial charge in [-0.2, -0.15) is 5.10 Å². The van der Waals surface area contributed by atoms with Gasteiger partial charge in [0.15, 0.2) is 0 Å². The maximum Gasteiger partial charge on any atom is 0.118 e. The Hall–Kier alpha value is -1.81. The number of nitrogens with one attached hydrogen (secondary N) is 1. The number of hydrogen-bond donors (Lipinski definition) is 1. The summed E-state index contributed by atoms with van der Waals surface area (Å²) in [7, 11) is 1.69. The molecule has 1 aliphatic rings. The molecule has 0 spiro atoms. The maximum absolute atomic E-state index is 5.20. The standard InChI is InChI=1S/C18H25N3O/c1-14-17(11-15-7-9-19-10-8-15)13-21(20-14)12-16-3-5-18(22-2)6-4-16/h3-6,13,15,19H,7-12H2,1-2H3. The fourth-order valence-corrected chi connectivity index (χ4v) is 3.16. The van der Waals surface area contributed by atoms with Gasteiger partial charge in [-0.15, -0.1) is 0 Å². The molecule has 3 rings (SSSR count). The van der Waals surface area contributed by atoms with Crippen LogP contribution in [0.1, 0.15) is 29.7 Å². The van der Waals surface area contributed by atoms with Crippen molar-refractivity contribution < 1.29 is 4.74 Å². The molecule has 0 saturated carbocycles. The van der Waals surface area contributed by atoms with E-state index in [0.29, 0.717) is 0 Å². The second-order valence-corrected chi connectivity index (χ2v) is 6.18. The summed E-state index contributed by atoms with van der Waals surface area (Å²) in [5.74, 6) is 1.70. The van der Waals surface area contributed by atoms with Gasteiger partial charge < -0.3 is 10.1 Å². The molecule has 1 aromatic heterocycles. The van der Waals surface area contributed by atoms with E-state index in [-0.39, 0.29) is 0 Å². The number of benzene rings is 1. The van der Waals surface area contributed by atoms with Gasteiger partial charge in [-0.25, -0.2) is 0 Å². The highest BCUT2D eigenvalue weighted by Gasteiger charge is 2.16. The molecule has 22 heavy (non-hydrogen) atoms. The lowest BCUT2D eigenvalue weighted by atomic mass is 9.91. The van der Waals surface area contributed by atoms with Crippen molar-refractivity contribution in [1.29, 1.82) is 0 Å². The van der Waals surface area contributed by atoms with E-state index in [1.54, 1.807) is 7.11 Å². The van der Waals surface area contributed by atoms with Crippen LogP contribution in [-0.2, 0) is 13.0 Å². The third kappa shape index (κ3) is 3.69. The van der Waals surface area contributed by atoms with Crippen molar-refractivity contribution in [1.82, 2.24) is 15.1 Å². The molecule has 4 nitrogen and oxygen atoms in total. The predicted molar refractivity (Wildman–Crippen MR) is 88.4 cm³/mol. The summed E-state index contributed by atoms with van der Waals surface area (Å²) in [6, 6.07) is 8.20. The molecule has 1 saturated heterocycles. The summed E-state index contributed by atoms with van der Waals surface area (Å²) >= 11 is 0. The zero-order valence-electron chi connectivity index (χ0n) is 13.5. The second-order valence-electron chi connectivity index (χ2n) is 6.18. The third-order valence-electron chi connectivity index (χ3n) is 4.52. The smallest absolute Gasteiger partial charge is 0.118 e. The molecule has 118 valence electrons. The SMILES string of the molecule is COc1ccc(Cn2cc(CC3CCNCC3)c(C)n2)cc1. The van der Waals surface area contributed by atoms with Crippen molar-refractivity contribution in [2.24, 2.45) is 5.92 Å². The molecule has 2 heterocycles. The molecule has 1 N–H and O–H groups in total. The van der Waals surface area contributed by atoms with Gasteiger partial charge >= 0.3 is 0 Å². The fourth-order valence-electron chi connectivity index (χ4n) is 3.16. The molecular weight excluding hydrogens is 274 g/mol. The van der Waals surface area contributed by atoms with Crippen molar-refractivity contribution in [2.75, 3.05) is 20.2 Å². The first-order valence-corrected chi connectivity index (χ1v) is 8.11. The fraction of sp³-hybridized carbons (Fsp3) is 0.500. The van der Waals surface area contributed by atoms with Crippen LogP contribution < -0.4 is 10.1 Å². The minimum Gasteiger partial charge on any atom is -0.497 e. The lowest BCUT2D eigenvalue weighted by Gasteiger charge is -2.22. The predicted octanol–water partition coefficient (Wildman–Crippen LogP) is 2.79. The van der Waals surface area contributed by atoms with Crippen molar-refractivity contribution in [3.8, 4) is 5.75 Å². The van der Waals surface area contributed by atoms with Gasteiger partial charge in [0, 0.05) is 6.20 Å². The molecule has 4 heteroatoms. The van der Waals surface area contributed by atoms with Gasteiger partial charge in [-0.3, -0.25) is 4.68 Å². The number of methoxy groups -OCH3 is 1. The van der Waals surface area contributed by atoms with E-state index < -0.39 is 0 Å². The summed E-state index contributed by atoms with van der Waals surface area (Å²) in [6.07, 6.45) is 5.95. The highest BCUT2D eigenvalue weighted by Crippen LogP contribution is 2.20. The molecule has 0 aliphatic carbocycles. The highest BCUT2D eigenvalue weighted by atomic mass is 16.5. The van der Waals surface area contributed by atoms with Crippen LogP contribution in [0.2, 0.25) is 0 Å². The quantitative estimate of drug-likeness (QED) is 0.923. The molecule has 0 amide bonds. The molecule has 0 unspecified atom stereocenters. The minimum atomic E-state index is 0.804. The Morgan fingerprint density at radius 1 is 1.23 bits per heavy atom. The number of ether oxygens (including phenoxy) is 1. The second kappa shape index (κ2) is 6.97. The monoisotopic (exact) mass is 299 g/mol. The van der Waals surface area contributed by atoms with E-state index in [9.17, 15) is 0 Å². The van der Waals surface area contributed by atoms with Crippen LogP contribution in [0.4, 0.5) is 0 Å². The first kappa shape index (κ1) is 15.1. The summed E-state index contributed by atoms with van der Waals surface area (Å²) in [6.45, 7) is 5.26. The molecule has 0 bridgehead atoms. The van der Waals surface area contributed by atoms with Crippen LogP contribution in [-0.4, -0.2) is 30.0 Å². The van der Waals surface area contributed by atoms with E-state index in [1.165, 1.54) is 29.7 Å². The number of aromatic nitrogens is 2. The van der Waals surface area contributed by atoms with Crippen molar-refractivity contribution >= 4 is 0 Å². The lowest BCUT2D eigenvalue weighted by Crippen LogP contribution is -2.28. The van der Waals surface area contributed by atoms with Gasteiger partial charge in [0.1, 0.15) is 5.75 Å². The Bertz CT molecular complexity index is 597. The van der Waals surface area contributed by atoms with Crippen LogP contribution >= 0.6 is 0 Å². The largest absolute Gasteiger partial charge is 0.497 e. The number of aryl methyl sites for hydroxylation is 1. The summed E-state index contributed by atoms with van der Waals surface area (Å²) in [5, 5.41) is 8.12. The average Bonchev–Trinajstić information content (AvgIpc) is 2.88. The molecule has 1 aromatic carbocycles. The zero-order chi connectivity index (χ0) is 15.4. The third-order valence-corrected chi connectivity index (χ3v) is 4.52. The maximum atomic E-state index is 5.20. The number of piperidine rings is 1. The van der Waals surface area contributed by atoms with Gasteiger partial charge in [-0.05, 0) is 68.5 Å². The first-order chi connectivity index (χ1) is 10.7. The van der Waals surface area contributed by atoms with Gasteiger partial charge in [0.25, 0.3) is 0 Å². The Balaban J connectivity index is 1.65. The zero-order valence-corrected chi connectivity index (χ0v) is 13.5. The van der Waals surface area contributed by atoms with Crippen LogP contribution in [0.5, 0.6) is 5.75 Å². The van der Waals surface area contributed by atoms with Gasteiger partial charge in [-0.1, -0.05) is 12.1 Å². The summed E-state index contributed by atoms with van der Waals surface area (Å²) < 4.78 is 7.26. The summed E-state index contributed by atoms with van der Waals surface area (Å²) in [5.41, 5.74) is 3.82. The van der Waals surface area contributed by atoms with Crippen LogP contribution in [0, 0.1) is 12.8 Å². The van der Waals surface area contributed by atoms with Crippen LogP contribution in [0.25, 0.3) is 0 Å². The lowest BCUT2D eigenvalue weighted by molar-refractivity contribution is 0.372. The van der Waals surface area contributed by atoms with Crippen molar-refractivity contribution in [2.45, 2.75) is 32.7 Å². The molecule has 2 aromatic rings. The van der Waals surface area contributed by atoms with Crippen molar-refractivity contribution in [3.05, 3.63) is 47.3 Å². The van der Waals surface area contributed by atoms with E-state index in [1.807, 2.05) is 12.1 Å². The number of hydrogen-bond acceptors (Lipinski definition) is 3. The molecule has 0 radical (unpaired) electrons. The van der Waals surface area contributed by atoms with Crippen molar-refractivity contribution in [3.63, 3.8) is 0 Å². The van der Waals surface area contributed by atoms with Gasteiger partial charge in [0.05, 0.1) is 19.3 Å². The minimum absolute atomic E-state index is 0.804. The van der Waals surface area contributed by atoms with E-state index >= 15 is 0 Å². The Morgan fingerprint density at radius 2 is 1.95 bits per heavy atom. The average molecular weight is 299 g/mol. The normalized spacial score (nSPS) is 15.9. The van der Waals surface area contributed by atoms with Crippen LogP contribution in [0.3, 0.4) is 0 Å². The number of rotatable bonds is 5. The van der Waals surface area contributed by atoms with Crippen LogP contribution in [0.15, 0.2) is 30.5 Å². The van der Waals surface area contributed by atoms with Gasteiger partial charge in [0.2, 0.25) is 0 Å². The topological polar surface area (TPSA) is 39.1 Å².